The van der Waals surface area contributed by atoms with Gasteiger partial charge in [-0.15, -0.1) is 0 Å². The number of hydrogen-bond acceptors (Lipinski definition) is 1. The van der Waals surface area contributed by atoms with E-state index < -0.39 is 0 Å². The van der Waals surface area contributed by atoms with Crippen LogP contribution in [-0.4, -0.2) is 11.5 Å². The molecule has 0 unspecified atom stereocenters. The van der Waals surface area contributed by atoms with Gasteiger partial charge in [0.2, 0.25) is 0 Å². The fraction of sp³-hybridized carbons (Fsp3) is 0.111. The van der Waals surface area contributed by atoms with Crippen LogP contribution in [0, 0.1) is 0 Å². The number of anilines is 1. The van der Waals surface area contributed by atoms with Crippen LogP contribution in [0.5, 0.6) is 0 Å². The largest absolute Gasteiger partial charge is 0.366 e. The summed E-state index contributed by atoms with van der Waals surface area (Å²) in [6, 6.07) is 34.6. The summed E-state index contributed by atoms with van der Waals surface area (Å²) < 4.78 is 0. The first kappa shape index (κ1) is 17.6. The van der Waals surface area contributed by atoms with E-state index in [1.165, 1.54) is 38.5 Å². The van der Waals surface area contributed by atoms with Crippen molar-refractivity contribution in [2.75, 3.05) is 11.4 Å². The topological polar surface area (TPSA) is 19.0 Å². The summed E-state index contributed by atoms with van der Waals surface area (Å²) in [6.07, 6.45) is 3.16. The minimum Gasteiger partial charge on any atom is -0.366 e. The van der Waals surface area contributed by atoms with Gasteiger partial charge < -0.3 is 9.88 Å². The van der Waals surface area contributed by atoms with Gasteiger partial charge in [-0.2, -0.15) is 0 Å². The van der Waals surface area contributed by atoms with Crippen molar-refractivity contribution in [1.29, 1.82) is 0 Å². The van der Waals surface area contributed by atoms with Crippen LogP contribution in [-0.2, 0) is 13.0 Å². The molecule has 0 fully saturated rings. The maximum atomic E-state index is 3.41. The molecule has 0 radical (unpaired) electrons. The number of nitrogens with zero attached hydrogens (tertiary/aromatic N) is 1. The first-order valence-electron chi connectivity index (χ1n) is 10.2. The summed E-state index contributed by atoms with van der Waals surface area (Å²) in [4.78, 5) is 5.93. The summed E-state index contributed by atoms with van der Waals surface area (Å²) in [5, 5.41) is 3.92. The molecular formula is C27H24N2. The number of para-hydroxylation sites is 1. The monoisotopic (exact) mass is 376 g/mol. The smallest absolute Gasteiger partial charge is 0.0456 e. The Hall–Kier alpha value is -3.52. The van der Waals surface area contributed by atoms with Gasteiger partial charge in [0, 0.05) is 41.3 Å². The molecule has 1 aromatic heterocycles. The SMILES string of the molecule is c1ccc(CN(CCc2c[nH]c3ccccc23)c2cccc3ccccc23)cc1. The van der Waals surface area contributed by atoms with Crippen molar-refractivity contribution in [3.63, 3.8) is 0 Å². The number of aromatic amines is 1. The number of H-pyrrole nitrogens is 1. The van der Waals surface area contributed by atoms with Gasteiger partial charge in [-0.3, -0.25) is 0 Å². The van der Waals surface area contributed by atoms with Crippen LogP contribution in [0.3, 0.4) is 0 Å². The van der Waals surface area contributed by atoms with Gasteiger partial charge in [-0.25, -0.2) is 0 Å². The molecule has 0 aliphatic rings. The van der Waals surface area contributed by atoms with E-state index >= 15 is 0 Å². The van der Waals surface area contributed by atoms with Crippen LogP contribution in [0.4, 0.5) is 5.69 Å². The zero-order chi connectivity index (χ0) is 19.5. The number of rotatable bonds is 6. The van der Waals surface area contributed by atoms with E-state index in [1.54, 1.807) is 0 Å². The summed E-state index contributed by atoms with van der Waals surface area (Å²) in [7, 11) is 0. The predicted molar refractivity (Wildman–Crippen MR) is 123 cm³/mol. The molecule has 0 saturated heterocycles. The molecule has 2 nitrogen and oxygen atoms in total. The van der Waals surface area contributed by atoms with Gasteiger partial charge >= 0.3 is 0 Å². The van der Waals surface area contributed by atoms with Crippen molar-refractivity contribution >= 4 is 27.4 Å². The Labute approximate surface area is 171 Å². The first-order valence-corrected chi connectivity index (χ1v) is 10.2. The van der Waals surface area contributed by atoms with Crippen LogP contribution < -0.4 is 4.90 Å². The second kappa shape index (κ2) is 7.84. The lowest BCUT2D eigenvalue weighted by Crippen LogP contribution is -2.25. The fourth-order valence-corrected chi connectivity index (χ4v) is 4.17. The van der Waals surface area contributed by atoms with E-state index in [9.17, 15) is 0 Å². The maximum absolute atomic E-state index is 3.41. The summed E-state index contributed by atoms with van der Waals surface area (Å²) in [6.45, 7) is 1.86. The van der Waals surface area contributed by atoms with E-state index in [-0.39, 0.29) is 0 Å². The minimum atomic E-state index is 0.900. The molecule has 4 aromatic carbocycles. The Morgan fingerprint density at radius 3 is 2.28 bits per heavy atom. The summed E-state index contributed by atoms with van der Waals surface area (Å²) in [5.74, 6) is 0. The van der Waals surface area contributed by atoms with E-state index in [2.05, 4.69) is 113 Å². The molecule has 1 N–H and O–H groups in total. The lowest BCUT2D eigenvalue weighted by atomic mass is 10.1. The molecule has 0 aliphatic carbocycles. The summed E-state index contributed by atoms with van der Waals surface area (Å²) in [5.41, 5.74) is 5.22. The minimum absolute atomic E-state index is 0.900. The zero-order valence-corrected chi connectivity index (χ0v) is 16.4. The average molecular weight is 377 g/mol. The molecule has 0 bridgehead atoms. The van der Waals surface area contributed by atoms with Gasteiger partial charge in [0.1, 0.15) is 0 Å². The molecule has 142 valence electrons. The Morgan fingerprint density at radius 1 is 0.655 bits per heavy atom. The van der Waals surface area contributed by atoms with E-state index in [0.717, 1.165) is 19.5 Å². The van der Waals surface area contributed by atoms with Crippen LogP contribution in [0.25, 0.3) is 21.7 Å². The molecule has 0 amide bonds. The molecule has 1 heterocycles. The lowest BCUT2D eigenvalue weighted by molar-refractivity contribution is 0.787. The second-order valence-corrected chi connectivity index (χ2v) is 7.51. The fourth-order valence-electron chi connectivity index (χ4n) is 4.17. The van der Waals surface area contributed by atoms with Crippen LogP contribution >= 0.6 is 0 Å². The van der Waals surface area contributed by atoms with Crippen LogP contribution in [0.2, 0.25) is 0 Å². The molecule has 0 atom stereocenters. The maximum Gasteiger partial charge on any atom is 0.0456 e. The Balaban J connectivity index is 1.50. The first-order chi connectivity index (χ1) is 14.4. The van der Waals surface area contributed by atoms with E-state index in [0.29, 0.717) is 0 Å². The molecule has 0 aliphatic heterocycles. The highest BCUT2D eigenvalue weighted by Crippen LogP contribution is 2.29. The molecule has 29 heavy (non-hydrogen) atoms. The zero-order valence-electron chi connectivity index (χ0n) is 16.4. The van der Waals surface area contributed by atoms with Crippen molar-refractivity contribution in [3.8, 4) is 0 Å². The second-order valence-electron chi connectivity index (χ2n) is 7.51. The third-order valence-electron chi connectivity index (χ3n) is 5.65. The highest BCUT2D eigenvalue weighted by molar-refractivity contribution is 5.94. The van der Waals surface area contributed by atoms with Crippen molar-refractivity contribution in [1.82, 2.24) is 4.98 Å². The molecular weight excluding hydrogens is 352 g/mol. The van der Waals surface area contributed by atoms with Crippen molar-refractivity contribution in [2.45, 2.75) is 13.0 Å². The van der Waals surface area contributed by atoms with Crippen LogP contribution in [0.1, 0.15) is 11.1 Å². The van der Waals surface area contributed by atoms with Crippen molar-refractivity contribution in [3.05, 3.63) is 114 Å². The molecule has 2 heteroatoms. The highest BCUT2D eigenvalue weighted by Gasteiger charge is 2.12. The van der Waals surface area contributed by atoms with Gasteiger partial charge in [0.15, 0.2) is 0 Å². The van der Waals surface area contributed by atoms with Gasteiger partial charge in [0.25, 0.3) is 0 Å². The number of aromatic nitrogens is 1. The highest BCUT2D eigenvalue weighted by atomic mass is 15.1. The van der Waals surface area contributed by atoms with Gasteiger partial charge in [-0.05, 0) is 35.1 Å². The average Bonchev–Trinajstić information content (AvgIpc) is 3.20. The quantitative estimate of drug-likeness (QED) is 0.355. The van der Waals surface area contributed by atoms with Crippen LogP contribution in [0.15, 0.2) is 103 Å². The Kier molecular flexibility index (Phi) is 4.75. The number of benzene rings is 4. The normalized spacial score (nSPS) is 11.2. The third-order valence-corrected chi connectivity index (χ3v) is 5.65. The third kappa shape index (κ3) is 3.62. The van der Waals surface area contributed by atoms with Crippen molar-refractivity contribution in [2.24, 2.45) is 0 Å². The Morgan fingerprint density at radius 2 is 1.38 bits per heavy atom. The van der Waals surface area contributed by atoms with Gasteiger partial charge in [-0.1, -0.05) is 84.9 Å². The Bertz CT molecular complexity index is 1230. The number of fused-ring (bicyclic) bond motifs is 2. The van der Waals surface area contributed by atoms with Gasteiger partial charge in [0.05, 0.1) is 0 Å². The van der Waals surface area contributed by atoms with Crippen molar-refractivity contribution < 1.29 is 0 Å². The predicted octanol–water partition coefficient (Wildman–Crippen LogP) is 6.57. The molecule has 0 spiro atoms. The molecule has 0 saturated carbocycles. The van der Waals surface area contributed by atoms with E-state index in [1.807, 2.05) is 0 Å². The summed E-state index contributed by atoms with van der Waals surface area (Å²) >= 11 is 0. The standard InChI is InChI=1S/C27H24N2/c1-2-9-21(10-3-1)20-29(27-16-8-12-22-11-4-5-14-25(22)27)18-17-23-19-28-26-15-7-6-13-24(23)26/h1-16,19,28H,17-18,20H2. The molecule has 5 rings (SSSR count). The molecule has 5 aromatic rings. The number of hydrogen-bond donors (Lipinski definition) is 1. The van der Waals surface area contributed by atoms with E-state index in [4.69, 9.17) is 0 Å². The lowest BCUT2D eigenvalue weighted by Gasteiger charge is -2.26. The number of nitrogens with one attached hydrogen (secondary N) is 1.